The molecule has 0 aromatic heterocycles. The quantitative estimate of drug-likeness (QED) is 0.851. The van der Waals surface area contributed by atoms with Gasteiger partial charge in [-0.1, -0.05) is 24.3 Å². The van der Waals surface area contributed by atoms with Gasteiger partial charge in [-0.15, -0.1) is 0 Å². The van der Waals surface area contributed by atoms with Crippen molar-refractivity contribution in [3.05, 3.63) is 35.4 Å². The monoisotopic (exact) mass is 246 g/mol. The maximum atomic E-state index is 12.1. The normalized spacial score (nSPS) is 19.2. The molecule has 3 nitrogen and oxygen atoms in total. The van der Waals surface area contributed by atoms with Crippen molar-refractivity contribution in [1.29, 1.82) is 0 Å². The van der Waals surface area contributed by atoms with Gasteiger partial charge in [0.15, 0.2) is 0 Å². The molecule has 1 aliphatic carbocycles. The van der Waals surface area contributed by atoms with Crippen LogP contribution in [0.5, 0.6) is 0 Å². The molecule has 3 heteroatoms. The largest absolute Gasteiger partial charge is 0.351 e. The van der Waals surface area contributed by atoms with Gasteiger partial charge < -0.3 is 10.6 Å². The lowest BCUT2D eigenvalue weighted by molar-refractivity contribution is -0.127. The molecule has 0 saturated heterocycles. The van der Waals surface area contributed by atoms with E-state index >= 15 is 0 Å². The van der Waals surface area contributed by atoms with Gasteiger partial charge in [0, 0.05) is 6.04 Å². The maximum absolute atomic E-state index is 12.1. The van der Waals surface area contributed by atoms with Crippen molar-refractivity contribution in [1.82, 2.24) is 10.6 Å². The molecule has 0 fully saturated rings. The summed E-state index contributed by atoms with van der Waals surface area (Å²) >= 11 is 0. The molecule has 0 saturated carbocycles. The molecule has 1 amide bonds. The Morgan fingerprint density at radius 2 is 1.94 bits per heavy atom. The van der Waals surface area contributed by atoms with Crippen molar-refractivity contribution in [3.8, 4) is 0 Å². The zero-order chi connectivity index (χ0) is 13.2. The fourth-order valence-electron chi connectivity index (χ4n) is 2.30. The van der Waals surface area contributed by atoms with Gasteiger partial charge in [0.25, 0.3) is 0 Å². The molecule has 1 aromatic carbocycles. The number of benzene rings is 1. The summed E-state index contributed by atoms with van der Waals surface area (Å²) in [5, 5.41) is 6.19. The van der Waals surface area contributed by atoms with Crippen molar-refractivity contribution in [2.75, 3.05) is 7.05 Å². The van der Waals surface area contributed by atoms with Crippen LogP contribution in [0.1, 0.15) is 31.4 Å². The third-order valence-electron chi connectivity index (χ3n) is 3.87. The van der Waals surface area contributed by atoms with E-state index in [1.54, 1.807) is 0 Å². The van der Waals surface area contributed by atoms with E-state index in [2.05, 4.69) is 34.9 Å². The van der Waals surface area contributed by atoms with E-state index in [0.29, 0.717) is 0 Å². The van der Waals surface area contributed by atoms with Crippen LogP contribution in [0, 0.1) is 0 Å². The SMILES string of the molecule is CNC(C)(C)C(=O)NC1CCc2ccccc2C1. The first kappa shape index (κ1) is 13.1. The van der Waals surface area contributed by atoms with Gasteiger partial charge in [-0.05, 0) is 51.3 Å². The van der Waals surface area contributed by atoms with Crippen LogP contribution in [0.4, 0.5) is 0 Å². The number of carbonyl (C=O) groups is 1. The second kappa shape index (κ2) is 5.11. The molecule has 18 heavy (non-hydrogen) atoms. The molecule has 98 valence electrons. The van der Waals surface area contributed by atoms with Crippen molar-refractivity contribution in [2.45, 2.75) is 44.7 Å². The second-order valence-electron chi connectivity index (χ2n) is 5.56. The molecule has 0 radical (unpaired) electrons. The summed E-state index contributed by atoms with van der Waals surface area (Å²) in [5.41, 5.74) is 2.30. The topological polar surface area (TPSA) is 41.1 Å². The lowest BCUT2D eigenvalue weighted by Crippen LogP contribution is -2.54. The summed E-state index contributed by atoms with van der Waals surface area (Å²) in [5.74, 6) is 0.0781. The average molecular weight is 246 g/mol. The summed E-state index contributed by atoms with van der Waals surface area (Å²) in [6, 6.07) is 8.77. The number of likely N-dealkylation sites (N-methyl/N-ethyl adjacent to an activating group) is 1. The van der Waals surface area contributed by atoms with Gasteiger partial charge in [0.05, 0.1) is 5.54 Å². The molecule has 1 aliphatic rings. The minimum atomic E-state index is -0.503. The lowest BCUT2D eigenvalue weighted by Gasteiger charge is -2.30. The summed E-state index contributed by atoms with van der Waals surface area (Å²) in [6.45, 7) is 3.80. The molecule has 0 heterocycles. The summed E-state index contributed by atoms with van der Waals surface area (Å²) in [6.07, 6.45) is 3.03. The van der Waals surface area contributed by atoms with Crippen LogP contribution in [0.25, 0.3) is 0 Å². The summed E-state index contributed by atoms with van der Waals surface area (Å²) < 4.78 is 0. The van der Waals surface area contributed by atoms with E-state index in [9.17, 15) is 4.79 Å². The van der Waals surface area contributed by atoms with Crippen molar-refractivity contribution in [2.24, 2.45) is 0 Å². The number of nitrogens with one attached hydrogen (secondary N) is 2. The Labute approximate surface area is 109 Å². The Balaban J connectivity index is 2.00. The van der Waals surface area contributed by atoms with Gasteiger partial charge in [-0.3, -0.25) is 4.79 Å². The number of amides is 1. The van der Waals surface area contributed by atoms with E-state index in [4.69, 9.17) is 0 Å². The standard InChI is InChI=1S/C15H22N2O/c1-15(2,16-3)14(18)17-13-9-8-11-6-4-5-7-12(11)10-13/h4-7,13,16H,8-10H2,1-3H3,(H,17,18). The molecule has 2 rings (SSSR count). The first-order valence-corrected chi connectivity index (χ1v) is 6.59. The molecule has 2 N–H and O–H groups in total. The fraction of sp³-hybridized carbons (Fsp3) is 0.533. The highest BCUT2D eigenvalue weighted by Gasteiger charge is 2.28. The van der Waals surface area contributed by atoms with Gasteiger partial charge in [0.2, 0.25) is 5.91 Å². The van der Waals surface area contributed by atoms with Crippen LogP contribution in [-0.2, 0) is 17.6 Å². The van der Waals surface area contributed by atoms with Gasteiger partial charge >= 0.3 is 0 Å². The van der Waals surface area contributed by atoms with Crippen LogP contribution >= 0.6 is 0 Å². The molecule has 0 aliphatic heterocycles. The van der Waals surface area contributed by atoms with E-state index in [-0.39, 0.29) is 11.9 Å². The lowest BCUT2D eigenvalue weighted by atomic mass is 9.88. The Kier molecular flexibility index (Phi) is 3.71. The van der Waals surface area contributed by atoms with Gasteiger partial charge in [-0.2, -0.15) is 0 Å². The highest BCUT2D eigenvalue weighted by atomic mass is 16.2. The zero-order valence-electron chi connectivity index (χ0n) is 11.4. The van der Waals surface area contributed by atoms with Crippen molar-refractivity contribution in [3.63, 3.8) is 0 Å². The van der Waals surface area contributed by atoms with Gasteiger partial charge in [-0.25, -0.2) is 0 Å². The zero-order valence-corrected chi connectivity index (χ0v) is 11.4. The Bertz CT molecular complexity index is 440. The molecule has 1 unspecified atom stereocenters. The highest BCUT2D eigenvalue weighted by Crippen LogP contribution is 2.21. The minimum Gasteiger partial charge on any atom is -0.351 e. The Morgan fingerprint density at radius 3 is 2.61 bits per heavy atom. The predicted octanol–water partition coefficient (Wildman–Crippen LogP) is 1.66. The van der Waals surface area contributed by atoms with E-state index in [1.165, 1.54) is 11.1 Å². The first-order chi connectivity index (χ1) is 8.53. The molecule has 0 bridgehead atoms. The number of carbonyl (C=O) groups excluding carboxylic acids is 1. The van der Waals surface area contributed by atoms with Crippen LogP contribution in [0.2, 0.25) is 0 Å². The van der Waals surface area contributed by atoms with Gasteiger partial charge in [0.1, 0.15) is 0 Å². The smallest absolute Gasteiger partial charge is 0.239 e. The van der Waals surface area contributed by atoms with Crippen LogP contribution in [0.3, 0.4) is 0 Å². The first-order valence-electron chi connectivity index (χ1n) is 6.59. The van der Waals surface area contributed by atoms with E-state index in [0.717, 1.165) is 19.3 Å². The third kappa shape index (κ3) is 2.72. The van der Waals surface area contributed by atoms with Crippen LogP contribution in [-0.4, -0.2) is 24.5 Å². The predicted molar refractivity (Wildman–Crippen MR) is 73.5 cm³/mol. The summed E-state index contributed by atoms with van der Waals surface area (Å²) in [7, 11) is 1.82. The molecule has 0 spiro atoms. The van der Waals surface area contributed by atoms with Crippen molar-refractivity contribution < 1.29 is 4.79 Å². The van der Waals surface area contributed by atoms with E-state index < -0.39 is 5.54 Å². The molecule has 1 atom stereocenters. The fourth-order valence-corrected chi connectivity index (χ4v) is 2.30. The van der Waals surface area contributed by atoms with E-state index in [1.807, 2.05) is 20.9 Å². The molecule has 1 aromatic rings. The summed E-state index contributed by atoms with van der Waals surface area (Å²) in [4.78, 5) is 12.1. The molecular weight excluding hydrogens is 224 g/mol. The second-order valence-corrected chi connectivity index (χ2v) is 5.56. The number of aryl methyl sites for hydroxylation is 1. The third-order valence-corrected chi connectivity index (χ3v) is 3.87. The number of hydrogen-bond acceptors (Lipinski definition) is 2. The van der Waals surface area contributed by atoms with Crippen molar-refractivity contribution >= 4 is 5.91 Å². The van der Waals surface area contributed by atoms with Crippen LogP contribution in [0.15, 0.2) is 24.3 Å². The average Bonchev–Trinajstić information content (AvgIpc) is 2.38. The maximum Gasteiger partial charge on any atom is 0.239 e. The van der Waals surface area contributed by atoms with Crippen LogP contribution < -0.4 is 10.6 Å². The minimum absolute atomic E-state index is 0.0781. The number of rotatable bonds is 3. The Morgan fingerprint density at radius 1 is 1.28 bits per heavy atom. The highest BCUT2D eigenvalue weighted by molar-refractivity contribution is 5.85. The molecular formula is C15H22N2O. The number of fused-ring (bicyclic) bond motifs is 1. The number of hydrogen-bond donors (Lipinski definition) is 2. The Hall–Kier alpha value is -1.35.